The van der Waals surface area contributed by atoms with E-state index < -0.39 is 0 Å². The minimum atomic E-state index is 0.225. The molecule has 1 aliphatic heterocycles. The Morgan fingerprint density at radius 2 is 2.44 bits per heavy atom. The molecule has 0 aromatic carbocycles. The van der Waals surface area contributed by atoms with Gasteiger partial charge in [-0.2, -0.15) is 5.10 Å². The summed E-state index contributed by atoms with van der Waals surface area (Å²) >= 11 is 0. The number of ether oxygens (including phenoxy) is 1. The molecule has 0 bridgehead atoms. The molecule has 1 atom stereocenters. The van der Waals surface area contributed by atoms with Crippen molar-refractivity contribution >= 4 is 0 Å². The molecule has 1 N–H and O–H groups in total. The monoisotopic (exact) mass is 250 g/mol. The molecule has 5 heteroatoms. The molecule has 1 aromatic rings. The van der Waals surface area contributed by atoms with Crippen LogP contribution in [0.2, 0.25) is 0 Å². The number of hydrogen-bond acceptors (Lipinski definition) is 4. The Balaban J connectivity index is 1.68. The van der Waals surface area contributed by atoms with E-state index in [0.29, 0.717) is 0 Å². The number of nitrogens with one attached hydrogen (secondary N) is 1. The highest BCUT2D eigenvalue weighted by Crippen LogP contribution is 2.33. The van der Waals surface area contributed by atoms with Gasteiger partial charge in [-0.25, -0.2) is 4.98 Å². The minimum Gasteiger partial charge on any atom is -0.381 e. The molecule has 1 aliphatic carbocycles. The van der Waals surface area contributed by atoms with Crippen molar-refractivity contribution in [1.82, 2.24) is 20.1 Å². The molecule has 1 saturated carbocycles. The van der Waals surface area contributed by atoms with Crippen molar-refractivity contribution in [3.8, 4) is 0 Å². The molecular formula is C13H22N4O. The van der Waals surface area contributed by atoms with E-state index in [-0.39, 0.29) is 5.41 Å². The van der Waals surface area contributed by atoms with Crippen LogP contribution in [0.15, 0.2) is 6.33 Å². The van der Waals surface area contributed by atoms with Gasteiger partial charge in [0.25, 0.3) is 0 Å². The highest BCUT2D eigenvalue weighted by atomic mass is 16.5. The van der Waals surface area contributed by atoms with E-state index in [1.807, 2.05) is 4.68 Å². The first-order chi connectivity index (χ1) is 8.81. The van der Waals surface area contributed by atoms with E-state index in [1.165, 1.54) is 12.8 Å². The molecule has 5 nitrogen and oxygen atoms in total. The molecule has 3 rings (SSSR count). The predicted octanol–water partition coefficient (Wildman–Crippen LogP) is 0.999. The smallest absolute Gasteiger partial charge is 0.138 e. The molecule has 0 amide bonds. The van der Waals surface area contributed by atoms with Crippen LogP contribution >= 0.6 is 0 Å². The van der Waals surface area contributed by atoms with Crippen LogP contribution in [0.5, 0.6) is 0 Å². The van der Waals surface area contributed by atoms with Crippen molar-refractivity contribution in [1.29, 1.82) is 0 Å². The summed E-state index contributed by atoms with van der Waals surface area (Å²) in [7, 11) is 0. The fourth-order valence-corrected chi connectivity index (χ4v) is 2.66. The topological polar surface area (TPSA) is 52.0 Å². The van der Waals surface area contributed by atoms with Crippen molar-refractivity contribution in [2.45, 2.75) is 45.2 Å². The molecule has 0 spiro atoms. The second-order valence-corrected chi connectivity index (χ2v) is 5.63. The van der Waals surface area contributed by atoms with Crippen LogP contribution in [0.1, 0.15) is 32.0 Å². The van der Waals surface area contributed by atoms with Crippen LogP contribution in [-0.2, 0) is 17.7 Å². The zero-order valence-electron chi connectivity index (χ0n) is 11.1. The summed E-state index contributed by atoms with van der Waals surface area (Å²) in [6.07, 6.45) is 6.44. The second kappa shape index (κ2) is 4.97. The van der Waals surface area contributed by atoms with E-state index in [1.54, 1.807) is 6.33 Å². The highest BCUT2D eigenvalue weighted by Gasteiger charge is 2.37. The molecule has 1 saturated heterocycles. The van der Waals surface area contributed by atoms with Crippen molar-refractivity contribution in [3.63, 3.8) is 0 Å². The van der Waals surface area contributed by atoms with E-state index in [9.17, 15) is 0 Å². The van der Waals surface area contributed by atoms with Crippen LogP contribution in [-0.4, -0.2) is 40.6 Å². The maximum Gasteiger partial charge on any atom is 0.138 e. The first-order valence-corrected chi connectivity index (χ1v) is 6.99. The lowest BCUT2D eigenvalue weighted by molar-refractivity contribution is 0.147. The molecular weight excluding hydrogens is 228 g/mol. The molecule has 0 radical (unpaired) electrons. The van der Waals surface area contributed by atoms with Gasteiger partial charge < -0.3 is 10.1 Å². The summed E-state index contributed by atoms with van der Waals surface area (Å²) in [4.78, 5) is 4.41. The van der Waals surface area contributed by atoms with E-state index in [2.05, 4.69) is 22.3 Å². The third-order valence-electron chi connectivity index (χ3n) is 4.06. The summed E-state index contributed by atoms with van der Waals surface area (Å²) < 4.78 is 7.64. The Labute approximate surface area is 108 Å². The molecule has 1 unspecified atom stereocenters. The summed E-state index contributed by atoms with van der Waals surface area (Å²) in [6, 6.07) is 0.756. The molecule has 1 aromatic heterocycles. The van der Waals surface area contributed by atoms with E-state index >= 15 is 0 Å². The Hall–Kier alpha value is -0.940. The number of rotatable bonds is 6. The Morgan fingerprint density at radius 3 is 3.11 bits per heavy atom. The van der Waals surface area contributed by atoms with Crippen LogP contribution in [0, 0.1) is 5.41 Å². The normalized spacial score (nSPS) is 27.8. The Bertz CT molecular complexity index is 393. The lowest BCUT2D eigenvalue weighted by Crippen LogP contribution is -2.38. The van der Waals surface area contributed by atoms with Gasteiger partial charge in [-0.05, 0) is 26.2 Å². The number of hydrogen-bond donors (Lipinski definition) is 1. The molecule has 18 heavy (non-hydrogen) atoms. The quantitative estimate of drug-likeness (QED) is 0.818. The number of aryl methyl sites for hydroxylation is 1. The SMILES string of the molecule is CCn1ncnc1CC1(CNC2CC2)CCOC1. The van der Waals surface area contributed by atoms with Gasteiger partial charge in [-0.15, -0.1) is 0 Å². The first kappa shape index (κ1) is 12.1. The maximum atomic E-state index is 5.64. The zero-order chi connectivity index (χ0) is 12.4. The van der Waals surface area contributed by atoms with Gasteiger partial charge in [0.2, 0.25) is 0 Å². The predicted molar refractivity (Wildman–Crippen MR) is 68.3 cm³/mol. The number of nitrogens with zero attached hydrogens (tertiary/aromatic N) is 3. The number of aromatic nitrogens is 3. The zero-order valence-corrected chi connectivity index (χ0v) is 11.1. The lowest BCUT2D eigenvalue weighted by atomic mass is 9.83. The highest BCUT2D eigenvalue weighted by molar-refractivity contribution is 4.98. The minimum absolute atomic E-state index is 0.225. The average molecular weight is 250 g/mol. The maximum absolute atomic E-state index is 5.64. The van der Waals surface area contributed by atoms with Gasteiger partial charge >= 0.3 is 0 Å². The van der Waals surface area contributed by atoms with E-state index in [4.69, 9.17) is 4.74 Å². The first-order valence-electron chi connectivity index (χ1n) is 6.99. The third kappa shape index (κ3) is 2.57. The summed E-state index contributed by atoms with van der Waals surface area (Å²) in [5.74, 6) is 1.10. The van der Waals surface area contributed by atoms with Crippen molar-refractivity contribution in [3.05, 3.63) is 12.2 Å². The summed E-state index contributed by atoms with van der Waals surface area (Å²) in [6.45, 7) is 5.78. The van der Waals surface area contributed by atoms with Gasteiger partial charge in [-0.1, -0.05) is 0 Å². The van der Waals surface area contributed by atoms with Gasteiger partial charge in [0, 0.05) is 37.6 Å². The fraction of sp³-hybridized carbons (Fsp3) is 0.846. The van der Waals surface area contributed by atoms with Gasteiger partial charge in [-0.3, -0.25) is 4.68 Å². The second-order valence-electron chi connectivity index (χ2n) is 5.63. The molecule has 100 valence electrons. The molecule has 2 heterocycles. The largest absolute Gasteiger partial charge is 0.381 e. The van der Waals surface area contributed by atoms with Gasteiger partial charge in [0.05, 0.1) is 6.61 Å². The van der Waals surface area contributed by atoms with Gasteiger partial charge in [0.15, 0.2) is 0 Å². The van der Waals surface area contributed by atoms with Crippen molar-refractivity contribution in [2.24, 2.45) is 5.41 Å². The molecule has 2 fully saturated rings. The Morgan fingerprint density at radius 1 is 1.56 bits per heavy atom. The standard InChI is InChI=1S/C13H22N4O/c1-2-17-12(15-10-16-17)7-13(5-6-18-9-13)8-14-11-3-4-11/h10-11,14H,2-9H2,1H3. The van der Waals surface area contributed by atoms with Gasteiger partial charge in [0.1, 0.15) is 12.2 Å². The lowest BCUT2D eigenvalue weighted by Gasteiger charge is -2.27. The van der Waals surface area contributed by atoms with Crippen molar-refractivity contribution < 1.29 is 4.74 Å². The third-order valence-corrected chi connectivity index (χ3v) is 4.06. The van der Waals surface area contributed by atoms with Crippen LogP contribution < -0.4 is 5.32 Å². The fourth-order valence-electron chi connectivity index (χ4n) is 2.66. The average Bonchev–Trinajstić information content (AvgIpc) is 2.93. The van der Waals surface area contributed by atoms with Crippen LogP contribution in [0.4, 0.5) is 0 Å². The summed E-state index contributed by atoms with van der Waals surface area (Å²) in [5.41, 5.74) is 0.225. The Kier molecular flexibility index (Phi) is 3.35. The van der Waals surface area contributed by atoms with Crippen molar-refractivity contribution in [2.75, 3.05) is 19.8 Å². The molecule has 2 aliphatic rings. The van der Waals surface area contributed by atoms with Crippen LogP contribution in [0.3, 0.4) is 0 Å². The summed E-state index contributed by atoms with van der Waals surface area (Å²) in [5, 5.41) is 7.91. The van der Waals surface area contributed by atoms with E-state index in [0.717, 1.165) is 51.0 Å². The van der Waals surface area contributed by atoms with Crippen LogP contribution in [0.25, 0.3) is 0 Å².